The minimum Gasteiger partial charge on any atom is -0.480 e. The molecule has 0 amide bonds. The van der Waals surface area contributed by atoms with Gasteiger partial charge in [-0.25, -0.2) is 4.79 Å². The summed E-state index contributed by atoms with van der Waals surface area (Å²) in [5.41, 5.74) is 0.553. The Kier molecular flexibility index (Phi) is 3.40. The molecular weight excluding hydrogens is 228 g/mol. The number of carboxylic acids is 1. The number of aliphatic carboxylic acids is 1. The third kappa shape index (κ3) is 3.08. The molecule has 17 heavy (non-hydrogen) atoms. The van der Waals surface area contributed by atoms with Crippen LogP contribution in [0.4, 0.5) is 5.82 Å². The standard InChI is InChI=1S/C8H10N6O3/c15-8(16)5-17-4-3-9-6-1-2-7-10-12-13-14(7)11-6/h1-2H,3-5H2,(H,9,11)(H,15,16). The van der Waals surface area contributed by atoms with Crippen LogP contribution in [-0.4, -0.2) is 56.1 Å². The zero-order chi connectivity index (χ0) is 12.1. The van der Waals surface area contributed by atoms with Crippen LogP contribution in [0.15, 0.2) is 12.1 Å². The van der Waals surface area contributed by atoms with Crippen LogP contribution in [-0.2, 0) is 9.53 Å². The van der Waals surface area contributed by atoms with Gasteiger partial charge in [-0.3, -0.25) is 0 Å². The highest BCUT2D eigenvalue weighted by Crippen LogP contribution is 2.02. The van der Waals surface area contributed by atoms with E-state index in [1.165, 1.54) is 4.63 Å². The lowest BCUT2D eigenvalue weighted by Crippen LogP contribution is -2.15. The fourth-order valence-electron chi connectivity index (χ4n) is 1.15. The molecule has 0 aliphatic carbocycles. The molecule has 2 N–H and O–H groups in total. The van der Waals surface area contributed by atoms with Gasteiger partial charge >= 0.3 is 5.97 Å². The van der Waals surface area contributed by atoms with E-state index in [9.17, 15) is 4.79 Å². The maximum absolute atomic E-state index is 10.2. The second-order valence-electron chi connectivity index (χ2n) is 3.12. The molecule has 2 aromatic rings. The fraction of sp³-hybridized carbons (Fsp3) is 0.375. The molecule has 0 spiro atoms. The van der Waals surface area contributed by atoms with Gasteiger partial charge in [-0.15, -0.1) is 14.8 Å². The van der Waals surface area contributed by atoms with Gasteiger partial charge in [0.25, 0.3) is 0 Å². The monoisotopic (exact) mass is 238 g/mol. The summed E-state index contributed by atoms with van der Waals surface area (Å²) >= 11 is 0. The Bertz CT molecular complexity index is 513. The number of carbonyl (C=O) groups is 1. The van der Waals surface area contributed by atoms with Gasteiger partial charge in [-0.2, -0.15) is 0 Å². The molecule has 2 aromatic heterocycles. The number of carboxylic acid groups (broad SMARTS) is 1. The Morgan fingerprint density at radius 1 is 1.53 bits per heavy atom. The third-order valence-electron chi connectivity index (χ3n) is 1.85. The summed E-state index contributed by atoms with van der Waals surface area (Å²) in [7, 11) is 0. The van der Waals surface area contributed by atoms with Gasteiger partial charge in [0, 0.05) is 6.54 Å². The fourth-order valence-corrected chi connectivity index (χ4v) is 1.15. The lowest BCUT2D eigenvalue weighted by atomic mass is 10.5. The molecule has 0 fully saturated rings. The summed E-state index contributed by atoms with van der Waals surface area (Å²) < 4.78 is 6.14. The lowest BCUT2D eigenvalue weighted by molar-refractivity contribution is -0.142. The van der Waals surface area contributed by atoms with Gasteiger partial charge in [0.1, 0.15) is 12.4 Å². The Hall–Kier alpha value is -2.29. The first-order valence-corrected chi connectivity index (χ1v) is 4.84. The number of anilines is 1. The average Bonchev–Trinajstić information content (AvgIpc) is 2.75. The maximum Gasteiger partial charge on any atom is 0.329 e. The first kappa shape index (κ1) is 11.2. The van der Waals surface area contributed by atoms with Crippen molar-refractivity contribution in [2.24, 2.45) is 0 Å². The topological polar surface area (TPSA) is 115 Å². The van der Waals surface area contributed by atoms with Gasteiger partial charge in [0.2, 0.25) is 0 Å². The molecule has 0 aliphatic heterocycles. The van der Waals surface area contributed by atoms with Gasteiger partial charge in [0.15, 0.2) is 5.65 Å². The number of hydrogen-bond donors (Lipinski definition) is 2. The molecule has 0 radical (unpaired) electrons. The van der Waals surface area contributed by atoms with Gasteiger partial charge < -0.3 is 15.2 Å². The number of rotatable bonds is 6. The number of nitrogens with one attached hydrogen (secondary N) is 1. The predicted octanol–water partition coefficient (Wildman–Crippen LogP) is -0.968. The van der Waals surface area contributed by atoms with E-state index in [2.05, 4.69) is 25.9 Å². The van der Waals surface area contributed by atoms with Crippen LogP contribution >= 0.6 is 0 Å². The number of aromatic nitrogens is 5. The van der Waals surface area contributed by atoms with E-state index in [0.29, 0.717) is 18.0 Å². The van der Waals surface area contributed by atoms with E-state index in [4.69, 9.17) is 9.84 Å². The molecule has 9 heteroatoms. The van der Waals surface area contributed by atoms with Gasteiger partial charge in [0.05, 0.1) is 6.61 Å². The van der Waals surface area contributed by atoms with Crippen LogP contribution in [0.25, 0.3) is 5.65 Å². The second-order valence-corrected chi connectivity index (χ2v) is 3.12. The van der Waals surface area contributed by atoms with E-state index in [1.54, 1.807) is 12.1 Å². The number of hydrogen-bond acceptors (Lipinski definition) is 7. The van der Waals surface area contributed by atoms with Crippen molar-refractivity contribution in [3.8, 4) is 0 Å². The van der Waals surface area contributed by atoms with Crippen LogP contribution in [0.1, 0.15) is 0 Å². The Morgan fingerprint density at radius 2 is 2.41 bits per heavy atom. The van der Waals surface area contributed by atoms with Crippen LogP contribution in [0, 0.1) is 0 Å². The summed E-state index contributed by atoms with van der Waals surface area (Å²) in [5, 5.41) is 26.2. The van der Waals surface area contributed by atoms with Crippen molar-refractivity contribution >= 4 is 17.4 Å². The van der Waals surface area contributed by atoms with Crippen molar-refractivity contribution in [2.45, 2.75) is 0 Å². The molecule has 0 unspecified atom stereocenters. The smallest absolute Gasteiger partial charge is 0.329 e. The van der Waals surface area contributed by atoms with E-state index in [-0.39, 0.29) is 13.2 Å². The molecule has 0 aromatic carbocycles. The molecule has 0 aliphatic rings. The van der Waals surface area contributed by atoms with Crippen LogP contribution < -0.4 is 5.32 Å². The van der Waals surface area contributed by atoms with Crippen molar-refractivity contribution in [3.05, 3.63) is 12.1 Å². The van der Waals surface area contributed by atoms with Crippen LogP contribution in [0.3, 0.4) is 0 Å². The van der Waals surface area contributed by atoms with Crippen LogP contribution in [0.2, 0.25) is 0 Å². The van der Waals surface area contributed by atoms with Gasteiger partial charge in [-0.1, -0.05) is 0 Å². The lowest BCUT2D eigenvalue weighted by Gasteiger charge is -2.04. The molecule has 0 atom stereocenters. The molecule has 9 nitrogen and oxygen atoms in total. The van der Waals surface area contributed by atoms with Crippen molar-refractivity contribution in [3.63, 3.8) is 0 Å². The summed E-state index contributed by atoms with van der Waals surface area (Å²) in [6.07, 6.45) is 0. The summed E-state index contributed by atoms with van der Waals surface area (Å²) in [6, 6.07) is 3.44. The first-order chi connectivity index (χ1) is 8.25. The zero-order valence-corrected chi connectivity index (χ0v) is 8.78. The number of fused-ring (bicyclic) bond motifs is 1. The van der Waals surface area contributed by atoms with Crippen molar-refractivity contribution in [1.29, 1.82) is 0 Å². The Morgan fingerprint density at radius 3 is 3.24 bits per heavy atom. The zero-order valence-electron chi connectivity index (χ0n) is 8.78. The highest BCUT2D eigenvalue weighted by Gasteiger charge is 2.00. The maximum atomic E-state index is 10.2. The van der Waals surface area contributed by atoms with E-state index >= 15 is 0 Å². The molecule has 0 saturated heterocycles. The van der Waals surface area contributed by atoms with Gasteiger partial charge in [-0.05, 0) is 22.6 Å². The molecule has 0 bridgehead atoms. The summed E-state index contributed by atoms with van der Waals surface area (Å²) in [4.78, 5) is 10.2. The quantitative estimate of drug-likeness (QED) is 0.618. The highest BCUT2D eigenvalue weighted by atomic mass is 16.5. The number of tetrazole rings is 1. The van der Waals surface area contributed by atoms with Crippen LogP contribution in [0.5, 0.6) is 0 Å². The summed E-state index contributed by atoms with van der Waals surface area (Å²) in [5.74, 6) is -0.401. The highest BCUT2D eigenvalue weighted by molar-refractivity contribution is 5.67. The predicted molar refractivity (Wildman–Crippen MR) is 55.5 cm³/mol. The first-order valence-electron chi connectivity index (χ1n) is 4.84. The van der Waals surface area contributed by atoms with Crippen molar-refractivity contribution in [2.75, 3.05) is 25.1 Å². The van der Waals surface area contributed by atoms with E-state index in [1.807, 2.05) is 0 Å². The van der Waals surface area contributed by atoms with Crippen molar-refractivity contribution in [1.82, 2.24) is 25.3 Å². The number of nitrogens with zero attached hydrogens (tertiary/aromatic N) is 5. The minimum absolute atomic E-state index is 0.279. The normalized spacial score (nSPS) is 10.6. The van der Waals surface area contributed by atoms with E-state index < -0.39 is 5.97 Å². The Labute approximate surface area is 95.4 Å². The molecule has 2 heterocycles. The molecular formula is C8H10N6O3. The molecule has 0 saturated carbocycles. The largest absolute Gasteiger partial charge is 0.480 e. The average molecular weight is 238 g/mol. The number of ether oxygens (including phenoxy) is 1. The second kappa shape index (κ2) is 5.16. The van der Waals surface area contributed by atoms with E-state index in [0.717, 1.165) is 0 Å². The molecule has 2 rings (SSSR count). The SMILES string of the molecule is O=C(O)COCCNc1ccc2nnnn2n1. The Balaban J connectivity index is 1.80. The molecule has 90 valence electrons. The summed E-state index contributed by atoms with van der Waals surface area (Å²) in [6.45, 7) is 0.427. The van der Waals surface area contributed by atoms with Crippen molar-refractivity contribution < 1.29 is 14.6 Å². The minimum atomic E-state index is -0.988. The third-order valence-corrected chi connectivity index (χ3v) is 1.85.